The Labute approximate surface area is 241 Å². The van der Waals surface area contributed by atoms with Gasteiger partial charge in [-0.1, -0.05) is 12.1 Å². The molecule has 0 saturated heterocycles. The Kier molecular flexibility index (Phi) is 10.6. The molecule has 214 valence electrons. The van der Waals surface area contributed by atoms with E-state index in [1.165, 1.54) is 0 Å². The van der Waals surface area contributed by atoms with Crippen LogP contribution in [0.5, 0.6) is 5.75 Å². The maximum absolute atomic E-state index is 13.8. The Morgan fingerprint density at radius 2 is 1.05 bits per heavy atom. The van der Waals surface area contributed by atoms with Crippen molar-refractivity contribution in [1.82, 2.24) is 0 Å². The zero-order chi connectivity index (χ0) is 29.8. The number of para-hydroxylation sites is 1. The van der Waals surface area contributed by atoms with Gasteiger partial charge < -0.3 is 9.29 Å². The first kappa shape index (κ1) is 37.1. The van der Waals surface area contributed by atoms with Gasteiger partial charge in [0.15, 0.2) is 0 Å². The molecule has 0 amide bonds. The van der Waals surface area contributed by atoms with Crippen LogP contribution < -0.4 is 56.1 Å². The van der Waals surface area contributed by atoms with Gasteiger partial charge in [-0.2, -0.15) is 65.9 Å². The quantitative estimate of drug-likeness (QED) is 0.235. The molecule has 0 spiro atoms. The summed E-state index contributed by atoms with van der Waals surface area (Å²) in [6.07, 6.45) is -14.6. The number of allylic oxidation sites excluding steroid dienone is 2. The van der Waals surface area contributed by atoms with Crippen LogP contribution >= 0.6 is 0 Å². The summed E-state index contributed by atoms with van der Waals surface area (Å²) in [6.45, 7) is 0. The maximum atomic E-state index is 13.8. The Hall–Kier alpha value is -0.884. The maximum Gasteiger partial charge on any atom is 1.00 e. The van der Waals surface area contributed by atoms with Crippen LogP contribution in [0.15, 0.2) is 40.8 Å². The molecule has 0 aliphatic heterocycles. The summed E-state index contributed by atoms with van der Waals surface area (Å²) in [5.74, 6) is -53.2. The first-order valence-electron chi connectivity index (χ1n) is 8.15. The first-order valence-corrected chi connectivity index (χ1v) is 9.56. The first-order chi connectivity index (χ1) is 16.0. The van der Waals surface area contributed by atoms with E-state index in [2.05, 4.69) is 4.74 Å². The number of hydrogen-bond acceptors (Lipinski definition) is 4. The van der Waals surface area contributed by atoms with Crippen LogP contribution in [-0.2, 0) is 10.1 Å². The Balaban J connectivity index is 0.0000137. The molecule has 1 aromatic rings. The number of ether oxygens (including phenoxy) is 1. The zero-order valence-corrected chi connectivity index (χ0v) is 21.2. The average Bonchev–Trinajstić information content (AvgIpc) is 2.70. The molecule has 0 unspecified atom stereocenters. The van der Waals surface area contributed by atoms with Gasteiger partial charge in [0, 0.05) is 0 Å². The van der Waals surface area contributed by atoms with Crippen molar-refractivity contribution in [3.8, 4) is 5.75 Å². The van der Waals surface area contributed by atoms with Crippen LogP contribution in [-0.4, -0.2) is 54.9 Å². The summed E-state index contributed by atoms with van der Waals surface area (Å²) in [4.78, 5) is -2.02. The molecule has 0 atom stereocenters. The van der Waals surface area contributed by atoms with Crippen LogP contribution in [0.3, 0.4) is 0 Å². The molecular weight excluding hydrogens is 638 g/mol. The summed E-state index contributed by atoms with van der Waals surface area (Å²) >= 11 is 0. The van der Waals surface area contributed by atoms with Crippen molar-refractivity contribution in [2.45, 2.75) is 46.8 Å². The molecule has 0 heterocycles. The Bertz CT molecular complexity index is 1160. The van der Waals surface area contributed by atoms with E-state index in [-0.39, 0.29) is 63.5 Å². The summed E-state index contributed by atoms with van der Waals surface area (Å²) in [7, 11) is -5.95. The molecule has 1 aromatic carbocycles. The van der Waals surface area contributed by atoms with Crippen molar-refractivity contribution in [2.24, 2.45) is 0 Å². The van der Waals surface area contributed by atoms with Crippen LogP contribution in [0, 0.1) is 0 Å². The zero-order valence-electron chi connectivity index (χ0n) is 17.3. The molecular formula is C15H4F17KO4S. The van der Waals surface area contributed by atoms with E-state index in [1.807, 2.05) is 0 Å². The molecule has 0 radical (unpaired) electrons. The number of alkyl halides is 15. The van der Waals surface area contributed by atoms with Gasteiger partial charge in [-0.25, -0.2) is 17.2 Å². The van der Waals surface area contributed by atoms with E-state index >= 15 is 0 Å². The second-order valence-corrected chi connectivity index (χ2v) is 7.87. The van der Waals surface area contributed by atoms with Gasteiger partial charge in [-0.15, -0.1) is 0 Å². The fourth-order valence-electron chi connectivity index (χ4n) is 2.06. The summed E-state index contributed by atoms with van der Waals surface area (Å²) < 4.78 is 260. The number of hydrogen-bond donors (Lipinski definition) is 0. The van der Waals surface area contributed by atoms with Crippen LogP contribution in [0.4, 0.5) is 74.6 Å². The molecule has 0 N–H and O–H groups in total. The SMILES string of the molecule is O=S(=O)([O-])c1ccccc1OC(F)(F)C(F)(F)C(F)(F)C(F)(F)C(F)(F)/C(F)=C(\F)C(F)(F)C(F)(F)F.[K+]. The van der Waals surface area contributed by atoms with E-state index in [9.17, 15) is 87.6 Å². The molecule has 0 aliphatic rings. The molecule has 38 heavy (non-hydrogen) atoms. The standard InChI is InChI=1S/C15H5F17O4S.K/c16-7(8(17)10(20,21)14(28,29)30)9(18,19)11(22,23)12(24,25)13(26,27)15(31,32)36-5-3-1-2-4-6(5)37(33,34)35;/h1-4H,(H,33,34,35);/q;+1/p-1/b8-7+;. The number of halogens is 17. The molecule has 0 saturated carbocycles. The van der Waals surface area contributed by atoms with E-state index in [1.54, 1.807) is 0 Å². The fourth-order valence-corrected chi connectivity index (χ4v) is 2.66. The molecule has 4 nitrogen and oxygen atoms in total. The Morgan fingerprint density at radius 1 is 0.658 bits per heavy atom. The van der Waals surface area contributed by atoms with Crippen molar-refractivity contribution < 1.29 is 144 Å². The van der Waals surface area contributed by atoms with Crippen LogP contribution in [0.2, 0.25) is 0 Å². The van der Waals surface area contributed by atoms with Gasteiger partial charge in [0.1, 0.15) is 15.9 Å². The van der Waals surface area contributed by atoms with Gasteiger partial charge in [0.05, 0.1) is 4.90 Å². The topological polar surface area (TPSA) is 66.4 Å². The largest absolute Gasteiger partial charge is 1.00 e. The van der Waals surface area contributed by atoms with Gasteiger partial charge in [0.2, 0.25) is 11.7 Å². The van der Waals surface area contributed by atoms with E-state index < -0.39 is 74.3 Å². The predicted octanol–water partition coefficient (Wildman–Crippen LogP) is 3.46. The second-order valence-electron chi connectivity index (χ2n) is 6.52. The van der Waals surface area contributed by atoms with Crippen molar-refractivity contribution in [3.05, 3.63) is 35.9 Å². The van der Waals surface area contributed by atoms with Gasteiger partial charge in [-0.3, -0.25) is 0 Å². The Morgan fingerprint density at radius 3 is 1.45 bits per heavy atom. The van der Waals surface area contributed by atoms with Crippen molar-refractivity contribution in [3.63, 3.8) is 0 Å². The van der Waals surface area contributed by atoms with Crippen molar-refractivity contribution >= 4 is 10.1 Å². The number of rotatable bonds is 9. The summed E-state index contributed by atoms with van der Waals surface area (Å²) in [6, 6.07) is 0.827. The molecule has 0 fully saturated rings. The monoisotopic (exact) mass is 642 g/mol. The average molecular weight is 642 g/mol. The number of benzene rings is 1. The van der Waals surface area contributed by atoms with Crippen molar-refractivity contribution in [1.29, 1.82) is 0 Å². The third kappa shape index (κ3) is 6.06. The third-order valence-corrected chi connectivity index (χ3v) is 4.88. The minimum Gasteiger partial charge on any atom is -0.744 e. The predicted molar refractivity (Wildman–Crippen MR) is 80.0 cm³/mol. The van der Waals surface area contributed by atoms with E-state index in [0.717, 1.165) is 0 Å². The van der Waals surface area contributed by atoms with Crippen LogP contribution in [0.25, 0.3) is 0 Å². The minimum absolute atomic E-state index is 0. The second kappa shape index (κ2) is 10.8. The minimum atomic E-state index is -8.43. The molecule has 1 rings (SSSR count). The molecule has 23 heteroatoms. The van der Waals surface area contributed by atoms with Gasteiger partial charge in [-0.05, 0) is 12.1 Å². The normalized spacial score (nSPS) is 15.5. The van der Waals surface area contributed by atoms with E-state index in [4.69, 9.17) is 0 Å². The fraction of sp³-hybridized carbons (Fsp3) is 0.467. The van der Waals surface area contributed by atoms with Gasteiger partial charge in [0.25, 0.3) is 0 Å². The molecule has 0 aliphatic carbocycles. The summed E-state index contributed by atoms with van der Waals surface area (Å²) in [5, 5.41) is 0. The molecule has 0 bridgehead atoms. The van der Waals surface area contributed by atoms with Gasteiger partial charge >= 0.3 is 93.3 Å². The smallest absolute Gasteiger partial charge is 0.744 e. The van der Waals surface area contributed by atoms with E-state index in [0.29, 0.717) is 12.1 Å². The van der Waals surface area contributed by atoms with Crippen molar-refractivity contribution in [2.75, 3.05) is 0 Å². The third-order valence-electron chi connectivity index (χ3n) is 4.01. The summed E-state index contributed by atoms with van der Waals surface area (Å²) in [5.41, 5.74) is 0. The van der Waals surface area contributed by atoms with Crippen LogP contribution in [0.1, 0.15) is 0 Å². The molecule has 0 aromatic heterocycles.